The summed E-state index contributed by atoms with van der Waals surface area (Å²) in [5.41, 5.74) is 6.30. The Morgan fingerprint density at radius 1 is 1.43 bits per heavy atom. The fraction of sp³-hybridized carbons (Fsp3) is 0.375. The molecule has 2 aromatic rings. The average molecular weight is 318 g/mol. The van der Waals surface area contributed by atoms with Crippen LogP contribution in [0, 0.1) is 5.82 Å². The van der Waals surface area contributed by atoms with Gasteiger partial charge in [0.15, 0.2) is 0 Å². The van der Waals surface area contributed by atoms with E-state index in [1.165, 1.54) is 12.4 Å². The Bertz CT molecular complexity index is 681. The molecule has 1 aliphatic heterocycles. The van der Waals surface area contributed by atoms with Crippen molar-refractivity contribution in [1.29, 1.82) is 0 Å². The molecule has 6 nitrogen and oxygen atoms in total. The summed E-state index contributed by atoms with van der Waals surface area (Å²) in [7, 11) is 0. The van der Waals surface area contributed by atoms with Crippen LogP contribution >= 0.6 is 0 Å². The van der Waals surface area contributed by atoms with Crippen molar-refractivity contribution in [2.24, 2.45) is 5.73 Å². The number of imidazole rings is 1. The maximum Gasteiger partial charge on any atom is 0.240 e. The highest BCUT2D eigenvalue weighted by Gasteiger charge is 2.35. The first kappa shape index (κ1) is 15.6. The largest absolute Gasteiger partial charge is 0.381 e. The van der Waals surface area contributed by atoms with Crippen molar-refractivity contribution in [3.8, 4) is 5.69 Å². The summed E-state index contributed by atoms with van der Waals surface area (Å²) in [5, 5.41) is 2.79. The summed E-state index contributed by atoms with van der Waals surface area (Å²) in [5.74, 6) is -0.594. The lowest BCUT2D eigenvalue weighted by Gasteiger charge is -2.31. The van der Waals surface area contributed by atoms with Crippen LogP contribution in [0.5, 0.6) is 0 Å². The lowest BCUT2D eigenvalue weighted by atomic mass is 9.90. The zero-order chi connectivity index (χ0) is 16.3. The summed E-state index contributed by atoms with van der Waals surface area (Å²) in [6.45, 7) is 1.20. The van der Waals surface area contributed by atoms with Crippen LogP contribution < -0.4 is 11.1 Å². The minimum atomic E-state index is -0.895. The first-order valence-corrected chi connectivity index (χ1v) is 7.50. The minimum Gasteiger partial charge on any atom is -0.381 e. The van der Waals surface area contributed by atoms with Gasteiger partial charge in [0.2, 0.25) is 5.91 Å². The van der Waals surface area contributed by atoms with Crippen molar-refractivity contribution in [3.05, 3.63) is 48.3 Å². The van der Waals surface area contributed by atoms with Gasteiger partial charge >= 0.3 is 0 Å². The maximum atomic E-state index is 14.2. The normalized spacial score (nSPS) is 17.0. The van der Waals surface area contributed by atoms with E-state index in [0.717, 1.165) is 0 Å². The van der Waals surface area contributed by atoms with Gasteiger partial charge in [-0.25, -0.2) is 9.37 Å². The Hall–Kier alpha value is -2.25. The van der Waals surface area contributed by atoms with E-state index in [0.29, 0.717) is 37.3 Å². The van der Waals surface area contributed by atoms with Gasteiger partial charge in [-0.15, -0.1) is 0 Å². The van der Waals surface area contributed by atoms with Crippen molar-refractivity contribution in [3.63, 3.8) is 0 Å². The molecule has 1 amide bonds. The van der Waals surface area contributed by atoms with Crippen LogP contribution in [0.15, 0.2) is 36.9 Å². The fourth-order valence-electron chi connectivity index (χ4n) is 2.59. The summed E-state index contributed by atoms with van der Waals surface area (Å²) < 4.78 is 21.0. The third-order valence-corrected chi connectivity index (χ3v) is 4.08. The van der Waals surface area contributed by atoms with Gasteiger partial charge in [-0.3, -0.25) is 4.79 Å². The number of benzene rings is 1. The molecule has 0 radical (unpaired) electrons. The van der Waals surface area contributed by atoms with E-state index in [2.05, 4.69) is 10.3 Å². The number of carbonyl (C=O) groups is 1. The highest BCUT2D eigenvalue weighted by molar-refractivity contribution is 5.86. The van der Waals surface area contributed by atoms with Gasteiger partial charge in [-0.05, 0) is 30.5 Å². The van der Waals surface area contributed by atoms with Gasteiger partial charge in [-0.2, -0.15) is 0 Å². The smallest absolute Gasteiger partial charge is 0.240 e. The molecule has 1 aliphatic rings. The van der Waals surface area contributed by atoms with Crippen molar-refractivity contribution in [2.75, 3.05) is 13.2 Å². The second-order valence-corrected chi connectivity index (χ2v) is 5.71. The van der Waals surface area contributed by atoms with Crippen molar-refractivity contribution in [1.82, 2.24) is 14.9 Å². The van der Waals surface area contributed by atoms with E-state index >= 15 is 0 Å². The SMILES string of the molecule is NC1(C(=O)NCc2ccc(-n3ccnc3)c(F)c2)CCOCC1. The molecule has 0 bridgehead atoms. The van der Waals surface area contributed by atoms with Crippen LogP contribution in [0.3, 0.4) is 0 Å². The maximum absolute atomic E-state index is 14.2. The van der Waals surface area contributed by atoms with E-state index in [4.69, 9.17) is 10.5 Å². The van der Waals surface area contributed by atoms with E-state index in [9.17, 15) is 9.18 Å². The number of carbonyl (C=O) groups excluding carboxylic acids is 1. The topological polar surface area (TPSA) is 82.2 Å². The number of hydrogen-bond donors (Lipinski definition) is 2. The summed E-state index contributed by atoms with van der Waals surface area (Å²) in [6, 6.07) is 4.83. The second-order valence-electron chi connectivity index (χ2n) is 5.71. The molecule has 0 saturated carbocycles. The Labute approximate surface area is 133 Å². The number of ether oxygens (including phenoxy) is 1. The molecule has 0 spiro atoms. The number of amides is 1. The number of halogens is 1. The lowest BCUT2D eigenvalue weighted by molar-refractivity contribution is -0.129. The third-order valence-electron chi connectivity index (χ3n) is 4.08. The van der Waals surface area contributed by atoms with E-state index < -0.39 is 5.54 Å². The molecule has 23 heavy (non-hydrogen) atoms. The first-order chi connectivity index (χ1) is 11.1. The molecule has 1 fully saturated rings. The molecule has 1 aromatic carbocycles. The van der Waals surface area contributed by atoms with Crippen LogP contribution in [-0.2, 0) is 16.1 Å². The zero-order valence-corrected chi connectivity index (χ0v) is 12.7. The monoisotopic (exact) mass is 318 g/mol. The molecule has 1 saturated heterocycles. The fourth-order valence-corrected chi connectivity index (χ4v) is 2.59. The van der Waals surface area contributed by atoms with Crippen LogP contribution in [0.25, 0.3) is 5.69 Å². The Morgan fingerprint density at radius 3 is 2.87 bits per heavy atom. The predicted octanol–water partition coefficient (Wildman–Crippen LogP) is 1.14. The molecule has 1 aromatic heterocycles. The summed E-state index contributed by atoms with van der Waals surface area (Å²) >= 11 is 0. The van der Waals surface area contributed by atoms with Gasteiger partial charge in [0, 0.05) is 32.2 Å². The van der Waals surface area contributed by atoms with Gasteiger partial charge in [0.05, 0.1) is 17.6 Å². The highest BCUT2D eigenvalue weighted by atomic mass is 19.1. The second kappa shape index (κ2) is 6.47. The van der Waals surface area contributed by atoms with Crippen LogP contribution in [0.4, 0.5) is 4.39 Å². The molecule has 0 unspecified atom stereocenters. The highest BCUT2D eigenvalue weighted by Crippen LogP contribution is 2.19. The van der Waals surface area contributed by atoms with Crippen molar-refractivity contribution in [2.45, 2.75) is 24.9 Å². The average Bonchev–Trinajstić information content (AvgIpc) is 3.07. The zero-order valence-electron chi connectivity index (χ0n) is 12.7. The number of aromatic nitrogens is 2. The molecule has 2 heterocycles. The molecule has 3 rings (SSSR count). The molecule has 122 valence electrons. The molecular weight excluding hydrogens is 299 g/mol. The number of hydrogen-bond acceptors (Lipinski definition) is 4. The van der Waals surface area contributed by atoms with Crippen LogP contribution in [-0.4, -0.2) is 34.2 Å². The van der Waals surface area contributed by atoms with Gasteiger partial charge in [0.1, 0.15) is 5.82 Å². The molecule has 0 aliphatic carbocycles. The van der Waals surface area contributed by atoms with E-state index in [1.54, 1.807) is 29.1 Å². The Kier molecular flexibility index (Phi) is 4.40. The standard InChI is InChI=1S/C16H19FN4O2/c17-13-9-12(1-2-14(13)21-6-5-19-11-21)10-20-15(22)16(18)3-7-23-8-4-16/h1-2,5-6,9,11H,3-4,7-8,10,18H2,(H,20,22). The molecule has 0 atom stereocenters. The van der Waals surface area contributed by atoms with Crippen LogP contribution in [0.2, 0.25) is 0 Å². The van der Waals surface area contributed by atoms with Crippen molar-refractivity contribution < 1.29 is 13.9 Å². The molecular formula is C16H19FN4O2. The van der Waals surface area contributed by atoms with Crippen molar-refractivity contribution >= 4 is 5.91 Å². The number of rotatable bonds is 4. The van der Waals surface area contributed by atoms with Gasteiger partial charge in [0.25, 0.3) is 0 Å². The summed E-state index contributed by atoms with van der Waals surface area (Å²) in [4.78, 5) is 16.1. The number of nitrogens with one attached hydrogen (secondary N) is 1. The van der Waals surface area contributed by atoms with E-state index in [1.807, 2.05) is 0 Å². The summed E-state index contributed by atoms with van der Waals surface area (Å²) in [6.07, 6.45) is 5.77. The number of nitrogens with two attached hydrogens (primary N) is 1. The first-order valence-electron chi connectivity index (χ1n) is 7.50. The Balaban J connectivity index is 1.64. The number of nitrogens with zero attached hydrogens (tertiary/aromatic N) is 2. The third kappa shape index (κ3) is 3.40. The quantitative estimate of drug-likeness (QED) is 0.885. The van der Waals surface area contributed by atoms with Crippen LogP contribution in [0.1, 0.15) is 18.4 Å². The Morgan fingerprint density at radius 2 is 2.22 bits per heavy atom. The molecule has 3 N–H and O–H groups in total. The van der Waals surface area contributed by atoms with E-state index in [-0.39, 0.29) is 18.3 Å². The lowest BCUT2D eigenvalue weighted by Crippen LogP contribution is -2.56. The molecule has 7 heteroatoms. The van der Waals surface area contributed by atoms with Gasteiger partial charge < -0.3 is 20.4 Å². The minimum absolute atomic E-state index is 0.222. The predicted molar refractivity (Wildman–Crippen MR) is 82.3 cm³/mol. The van der Waals surface area contributed by atoms with Gasteiger partial charge in [-0.1, -0.05) is 6.07 Å².